The topological polar surface area (TPSA) is 109 Å². The maximum Gasteiger partial charge on any atom is 1.00 e. The van der Waals surface area contributed by atoms with E-state index in [1.165, 1.54) is 0 Å². The first-order chi connectivity index (χ1) is 3.42. The molecule has 0 aromatic heterocycles. The van der Waals surface area contributed by atoms with E-state index < -0.39 is 20.8 Å². The summed E-state index contributed by atoms with van der Waals surface area (Å²) in [6, 6.07) is -1.40. The fourth-order valence-corrected chi connectivity index (χ4v) is 0.530. The van der Waals surface area contributed by atoms with Crippen molar-refractivity contribution in [1.82, 2.24) is 0 Å². The Labute approximate surface area is 160 Å². The number of carbonyl (C=O) groups excluding carboxylic acids is 1. The molecule has 0 amide bonds. The van der Waals surface area contributed by atoms with Crippen molar-refractivity contribution in [3.05, 3.63) is 0 Å². The van der Waals surface area contributed by atoms with Crippen molar-refractivity contribution >= 4 is 14.8 Å². The molecule has 0 spiro atoms. The van der Waals surface area contributed by atoms with E-state index in [1.54, 1.807) is 0 Å². The van der Waals surface area contributed by atoms with E-state index in [4.69, 9.17) is 0 Å². The van der Waals surface area contributed by atoms with E-state index in [0.29, 0.717) is 0 Å². The molecule has 10 heteroatoms. The van der Waals surface area contributed by atoms with Crippen LogP contribution < -0.4 is 138 Å². The first kappa shape index (κ1) is 29.6. The minimum atomic E-state index is -5.13. The van der Waals surface area contributed by atoms with Gasteiger partial charge >= 0.3 is 118 Å². The first-order valence-electron chi connectivity index (χ1n) is 1.73. The van der Waals surface area contributed by atoms with E-state index in [0.717, 1.165) is 0 Å². The van der Waals surface area contributed by atoms with Crippen LogP contribution in [0.15, 0.2) is 0 Å². The summed E-state index contributed by atoms with van der Waals surface area (Å²) in [7, 11) is -5.13. The summed E-state index contributed by atoms with van der Waals surface area (Å²) >= 11 is 0. The van der Waals surface area contributed by atoms with Crippen LogP contribution in [0.2, 0.25) is 6.04 Å². The Bertz CT molecular complexity index is 104. The summed E-state index contributed by atoms with van der Waals surface area (Å²) in [5.41, 5.74) is 0. The second-order valence-corrected chi connectivity index (χ2v) is 2.95. The molecular weight excluding hydrogens is 224 g/mol. The maximum atomic E-state index is 9.52. The Kier molecular flexibility index (Phi) is 35.9. The normalized spacial score (nSPS) is 7.58. The molecule has 0 radical (unpaired) electrons. The number of rotatable bonds is 2. The third kappa shape index (κ3) is 29.2. The van der Waals surface area contributed by atoms with E-state index in [1.807, 2.05) is 0 Å². The summed E-state index contributed by atoms with van der Waals surface area (Å²) in [4.78, 5) is 37.9. The van der Waals surface area contributed by atoms with Gasteiger partial charge in [-0.15, -0.1) is 0 Å². The zero-order valence-electron chi connectivity index (χ0n) is 7.75. The quantitative estimate of drug-likeness (QED) is 0.434. The van der Waals surface area contributed by atoms with Crippen LogP contribution in [0.4, 0.5) is 0 Å². The number of carboxylic acids is 1. The fourth-order valence-electron chi connectivity index (χ4n) is 0.177. The third-order valence-electron chi connectivity index (χ3n) is 0.361. The molecule has 0 aromatic carbocycles. The Morgan fingerprint density at radius 2 is 1.25 bits per heavy atom. The summed E-state index contributed by atoms with van der Waals surface area (Å²) in [5.74, 6) is -1.85. The molecule has 0 aliphatic rings. The van der Waals surface area contributed by atoms with Gasteiger partial charge in [0.2, 0.25) is 0 Å². The van der Waals surface area contributed by atoms with Gasteiger partial charge in [0.05, 0.1) is 0 Å². The predicted molar refractivity (Wildman–Crippen MR) is 15.6 cm³/mol. The Morgan fingerprint density at radius 1 is 1.00 bits per heavy atom. The molecule has 0 saturated heterocycles. The Hall–Kier alpha value is 3.57. The molecule has 0 aromatic rings. The van der Waals surface area contributed by atoms with Crippen molar-refractivity contribution in [2.75, 3.05) is 0 Å². The minimum absolute atomic E-state index is 0. The second-order valence-electron chi connectivity index (χ2n) is 1.23. The molecule has 0 aliphatic carbocycles. The number of hydrogen-bond donors (Lipinski definition) is 0. The van der Waals surface area contributed by atoms with Crippen LogP contribution in [0.1, 0.15) is 0 Å². The average molecular weight is 226 g/mol. The van der Waals surface area contributed by atoms with Crippen molar-refractivity contribution in [2.24, 2.45) is 0 Å². The van der Waals surface area contributed by atoms with Crippen molar-refractivity contribution < 1.29 is 143 Å². The van der Waals surface area contributed by atoms with Gasteiger partial charge in [-0.25, -0.2) is 0 Å². The van der Waals surface area contributed by atoms with Gasteiger partial charge in [0.1, 0.15) is 0 Å². The van der Waals surface area contributed by atoms with Crippen LogP contribution in [0.25, 0.3) is 0 Å². The van der Waals surface area contributed by atoms with Crippen LogP contribution in [-0.2, 0) is 4.79 Å². The van der Waals surface area contributed by atoms with Crippen LogP contribution in [0.3, 0.4) is 0 Å². The SMILES string of the molecule is O=C([O-])C[Si]([O-])([O-])[O-].[Na+].[Na+].[Na+].[Na+]. The van der Waals surface area contributed by atoms with Crippen molar-refractivity contribution in [2.45, 2.75) is 6.04 Å². The van der Waals surface area contributed by atoms with Crippen LogP contribution in [0, 0.1) is 0 Å². The summed E-state index contributed by atoms with van der Waals surface area (Å²) in [6.07, 6.45) is 0. The maximum absolute atomic E-state index is 9.52. The second kappa shape index (κ2) is 14.6. The Morgan fingerprint density at radius 3 is 1.25 bits per heavy atom. The van der Waals surface area contributed by atoms with Gasteiger partial charge in [-0.3, -0.25) is 8.80 Å². The molecule has 0 N–H and O–H groups in total. The molecule has 48 valence electrons. The smallest absolute Gasteiger partial charge is 0.881 e. The van der Waals surface area contributed by atoms with Crippen LogP contribution >= 0.6 is 0 Å². The largest absolute Gasteiger partial charge is 1.00 e. The van der Waals surface area contributed by atoms with Crippen molar-refractivity contribution in [3.8, 4) is 0 Å². The number of carboxylic acid groups (broad SMARTS) is 1. The summed E-state index contributed by atoms with van der Waals surface area (Å²) < 4.78 is 0. The molecule has 5 nitrogen and oxygen atoms in total. The molecule has 0 saturated carbocycles. The molecule has 0 atom stereocenters. The third-order valence-corrected chi connectivity index (χ3v) is 1.08. The van der Waals surface area contributed by atoms with E-state index in [9.17, 15) is 24.3 Å². The minimum Gasteiger partial charge on any atom is -0.881 e. The van der Waals surface area contributed by atoms with Crippen LogP contribution in [-0.4, -0.2) is 14.8 Å². The van der Waals surface area contributed by atoms with Crippen molar-refractivity contribution in [1.29, 1.82) is 0 Å². The van der Waals surface area contributed by atoms with Crippen molar-refractivity contribution in [3.63, 3.8) is 0 Å². The molecule has 0 aliphatic heterocycles. The zero-order chi connectivity index (χ0) is 6.78. The van der Waals surface area contributed by atoms with E-state index in [-0.39, 0.29) is 118 Å². The molecule has 0 unspecified atom stereocenters. The molecule has 0 rings (SSSR count). The van der Waals surface area contributed by atoms with Gasteiger partial charge in [-0.05, 0) is 0 Å². The van der Waals surface area contributed by atoms with Gasteiger partial charge in [0.25, 0.3) is 0 Å². The Balaban J connectivity index is -0.0000000408. The van der Waals surface area contributed by atoms with Gasteiger partial charge in [0.15, 0.2) is 0 Å². The van der Waals surface area contributed by atoms with Crippen LogP contribution in [0.5, 0.6) is 0 Å². The number of aliphatic carboxylic acids is 1. The standard InChI is InChI=1S/C2H3O5Si.4Na/c3-2(4)1-8(5,6)7;;;;/h1H2,(H,3,4);;;;/q-3;4*+1/p-1. The fraction of sp³-hybridized carbons (Fsp3) is 0.500. The molecule has 0 heterocycles. The number of carbonyl (C=O) groups is 1. The van der Waals surface area contributed by atoms with E-state index >= 15 is 0 Å². The van der Waals surface area contributed by atoms with Gasteiger partial charge in [0, 0.05) is 5.97 Å². The molecular formula is C2H2Na4O5Si. The first-order valence-corrected chi connectivity index (χ1v) is 3.66. The molecule has 0 bridgehead atoms. The predicted octanol–water partition coefficient (Wildman–Crippen LogP) is -17.2. The molecule has 12 heavy (non-hydrogen) atoms. The summed E-state index contributed by atoms with van der Waals surface area (Å²) in [6.45, 7) is 0. The van der Waals surface area contributed by atoms with Gasteiger partial charge in [-0.1, -0.05) is 6.04 Å². The monoisotopic (exact) mass is 226 g/mol. The average Bonchev–Trinajstić information content (AvgIpc) is 1.21. The summed E-state index contributed by atoms with van der Waals surface area (Å²) in [5, 5.41) is 9.34. The van der Waals surface area contributed by atoms with E-state index in [2.05, 4.69) is 0 Å². The molecule has 0 fully saturated rings. The van der Waals surface area contributed by atoms with Gasteiger partial charge < -0.3 is 24.3 Å². The number of hydrogen-bond acceptors (Lipinski definition) is 5. The zero-order valence-corrected chi connectivity index (χ0v) is 16.7. The van der Waals surface area contributed by atoms with Gasteiger partial charge in [-0.2, -0.15) is 0 Å².